The molecular formula is C8H4F7NO2. The molecule has 0 saturated heterocycles. The second-order valence-electron chi connectivity index (χ2n) is 2.98. The lowest BCUT2D eigenvalue weighted by molar-refractivity contribution is -0.276. The average molecular weight is 279 g/mol. The SMILES string of the molecule is Oc1c(C(F)(F)F)cc(OC(F)(F)F)nc1CF. The van der Waals surface area contributed by atoms with Gasteiger partial charge in [-0.1, -0.05) is 0 Å². The van der Waals surface area contributed by atoms with E-state index in [4.69, 9.17) is 5.11 Å². The molecule has 0 atom stereocenters. The molecule has 0 fully saturated rings. The zero-order valence-corrected chi connectivity index (χ0v) is 8.23. The van der Waals surface area contributed by atoms with Crippen molar-refractivity contribution in [2.24, 2.45) is 0 Å². The monoisotopic (exact) mass is 279 g/mol. The molecule has 1 rings (SSSR count). The summed E-state index contributed by atoms with van der Waals surface area (Å²) < 4.78 is 87.8. The normalized spacial score (nSPS) is 12.6. The van der Waals surface area contributed by atoms with E-state index in [0.29, 0.717) is 0 Å². The first kappa shape index (κ1) is 14.3. The molecule has 18 heavy (non-hydrogen) atoms. The van der Waals surface area contributed by atoms with Crippen LogP contribution in [0.2, 0.25) is 0 Å². The molecule has 0 aliphatic carbocycles. The van der Waals surface area contributed by atoms with Crippen LogP contribution in [0.15, 0.2) is 6.07 Å². The first-order valence-electron chi connectivity index (χ1n) is 4.16. The fourth-order valence-corrected chi connectivity index (χ4v) is 1.05. The lowest BCUT2D eigenvalue weighted by atomic mass is 10.2. The van der Waals surface area contributed by atoms with Crippen molar-refractivity contribution in [2.75, 3.05) is 0 Å². The van der Waals surface area contributed by atoms with E-state index in [1.54, 1.807) is 0 Å². The van der Waals surface area contributed by atoms with Crippen molar-refractivity contribution < 1.29 is 40.6 Å². The number of halogens is 7. The molecule has 0 aliphatic rings. The highest BCUT2D eigenvalue weighted by atomic mass is 19.4. The van der Waals surface area contributed by atoms with Crippen LogP contribution in [0.25, 0.3) is 0 Å². The Hall–Kier alpha value is -1.74. The van der Waals surface area contributed by atoms with E-state index in [-0.39, 0.29) is 6.07 Å². The Kier molecular flexibility index (Phi) is 3.58. The Morgan fingerprint density at radius 3 is 2.11 bits per heavy atom. The van der Waals surface area contributed by atoms with Gasteiger partial charge in [0.25, 0.3) is 0 Å². The van der Waals surface area contributed by atoms with Crippen molar-refractivity contribution in [2.45, 2.75) is 19.2 Å². The van der Waals surface area contributed by atoms with Gasteiger partial charge >= 0.3 is 12.5 Å². The quantitative estimate of drug-likeness (QED) is 0.845. The fraction of sp³-hybridized carbons (Fsp3) is 0.375. The molecule has 1 heterocycles. The lowest BCUT2D eigenvalue weighted by Crippen LogP contribution is -2.19. The average Bonchev–Trinajstić information content (AvgIpc) is 2.16. The second kappa shape index (κ2) is 4.50. The summed E-state index contributed by atoms with van der Waals surface area (Å²) in [7, 11) is 0. The highest BCUT2D eigenvalue weighted by Crippen LogP contribution is 2.39. The maximum atomic E-state index is 12.3. The van der Waals surface area contributed by atoms with E-state index in [1.807, 2.05) is 0 Å². The minimum absolute atomic E-state index is 0.165. The summed E-state index contributed by atoms with van der Waals surface area (Å²) >= 11 is 0. The zero-order valence-electron chi connectivity index (χ0n) is 8.23. The Morgan fingerprint density at radius 1 is 1.17 bits per heavy atom. The first-order valence-corrected chi connectivity index (χ1v) is 4.16. The summed E-state index contributed by atoms with van der Waals surface area (Å²) in [4.78, 5) is 2.78. The molecular weight excluding hydrogens is 275 g/mol. The molecule has 1 N–H and O–H groups in total. The van der Waals surface area contributed by atoms with E-state index in [0.717, 1.165) is 0 Å². The van der Waals surface area contributed by atoms with Crippen molar-refractivity contribution in [1.29, 1.82) is 0 Å². The number of aromatic hydroxyl groups is 1. The van der Waals surface area contributed by atoms with Gasteiger partial charge < -0.3 is 9.84 Å². The van der Waals surface area contributed by atoms with Gasteiger partial charge in [0.2, 0.25) is 5.88 Å². The number of ether oxygens (including phenoxy) is 1. The molecule has 3 nitrogen and oxygen atoms in total. The first-order chi connectivity index (χ1) is 8.04. The third-order valence-corrected chi connectivity index (χ3v) is 1.69. The van der Waals surface area contributed by atoms with E-state index < -0.39 is 42.1 Å². The number of hydrogen-bond donors (Lipinski definition) is 1. The van der Waals surface area contributed by atoms with Crippen molar-refractivity contribution in [3.63, 3.8) is 0 Å². The molecule has 0 saturated carbocycles. The summed E-state index contributed by atoms with van der Waals surface area (Å²) in [5, 5.41) is 8.99. The van der Waals surface area contributed by atoms with Crippen LogP contribution >= 0.6 is 0 Å². The lowest BCUT2D eigenvalue weighted by Gasteiger charge is -2.14. The predicted octanol–water partition coefficient (Wildman–Crippen LogP) is 3.17. The molecule has 10 heteroatoms. The topological polar surface area (TPSA) is 42.4 Å². The number of pyridine rings is 1. The number of nitrogens with zero attached hydrogens (tertiary/aromatic N) is 1. The Bertz CT molecular complexity index is 440. The van der Waals surface area contributed by atoms with Gasteiger partial charge in [0.1, 0.15) is 17.9 Å². The van der Waals surface area contributed by atoms with Crippen LogP contribution in [0.5, 0.6) is 11.6 Å². The standard InChI is InChI=1S/C8H4F7NO2/c9-2-4-6(17)3(7(10,11)12)1-5(16-4)18-8(13,14)15/h1,17H,2H2. The molecule has 0 amide bonds. The van der Waals surface area contributed by atoms with Gasteiger partial charge in [0, 0.05) is 6.07 Å². The predicted molar refractivity (Wildman–Crippen MR) is 42.4 cm³/mol. The number of rotatable bonds is 2. The smallest absolute Gasteiger partial charge is 0.505 e. The molecule has 1 aromatic rings. The van der Waals surface area contributed by atoms with Crippen LogP contribution in [0.1, 0.15) is 11.3 Å². The maximum Gasteiger partial charge on any atom is 0.574 e. The second-order valence-corrected chi connectivity index (χ2v) is 2.98. The number of alkyl halides is 7. The molecule has 0 bridgehead atoms. The molecule has 1 aromatic heterocycles. The third kappa shape index (κ3) is 3.37. The van der Waals surface area contributed by atoms with E-state index in [9.17, 15) is 30.7 Å². The molecule has 102 valence electrons. The van der Waals surface area contributed by atoms with Gasteiger partial charge in [-0.3, -0.25) is 0 Å². The van der Waals surface area contributed by atoms with Crippen molar-refractivity contribution >= 4 is 0 Å². The van der Waals surface area contributed by atoms with E-state index in [2.05, 4.69) is 9.72 Å². The number of hydrogen-bond acceptors (Lipinski definition) is 3. The maximum absolute atomic E-state index is 12.3. The van der Waals surface area contributed by atoms with E-state index in [1.165, 1.54) is 0 Å². The van der Waals surface area contributed by atoms with Crippen LogP contribution < -0.4 is 4.74 Å². The van der Waals surface area contributed by atoms with E-state index >= 15 is 0 Å². The van der Waals surface area contributed by atoms with Gasteiger partial charge in [-0.25, -0.2) is 9.37 Å². The van der Waals surface area contributed by atoms with Gasteiger partial charge in [-0.05, 0) is 0 Å². The molecule has 0 spiro atoms. The van der Waals surface area contributed by atoms with Crippen LogP contribution in [0.3, 0.4) is 0 Å². The minimum Gasteiger partial charge on any atom is -0.505 e. The largest absolute Gasteiger partial charge is 0.574 e. The Labute approximate surface area is 94.8 Å². The van der Waals surface area contributed by atoms with Gasteiger partial charge in [0.05, 0.1) is 0 Å². The zero-order chi connectivity index (χ0) is 14.1. The van der Waals surface area contributed by atoms with Crippen LogP contribution in [0.4, 0.5) is 30.7 Å². The fourth-order valence-electron chi connectivity index (χ4n) is 1.05. The molecule has 0 aliphatic heterocycles. The van der Waals surface area contributed by atoms with Crippen LogP contribution in [-0.2, 0) is 12.9 Å². The minimum atomic E-state index is -5.28. The summed E-state index contributed by atoms with van der Waals surface area (Å²) in [6.07, 6.45) is -10.4. The van der Waals surface area contributed by atoms with Crippen LogP contribution in [-0.4, -0.2) is 16.5 Å². The Morgan fingerprint density at radius 2 is 1.72 bits per heavy atom. The molecule has 0 aromatic carbocycles. The van der Waals surface area contributed by atoms with Crippen LogP contribution in [0, 0.1) is 0 Å². The van der Waals surface area contributed by atoms with Crippen molar-refractivity contribution in [3.05, 3.63) is 17.3 Å². The summed E-state index contributed by atoms with van der Waals surface area (Å²) in [6.45, 7) is -1.68. The summed E-state index contributed by atoms with van der Waals surface area (Å²) in [6, 6.07) is -0.165. The Balaban J connectivity index is 3.31. The molecule has 0 unspecified atom stereocenters. The van der Waals surface area contributed by atoms with Gasteiger partial charge in [0.15, 0.2) is 5.75 Å². The summed E-state index contributed by atoms with van der Waals surface area (Å²) in [5.41, 5.74) is -3.05. The van der Waals surface area contributed by atoms with Gasteiger partial charge in [-0.2, -0.15) is 13.2 Å². The number of aromatic nitrogens is 1. The third-order valence-electron chi connectivity index (χ3n) is 1.69. The van der Waals surface area contributed by atoms with Gasteiger partial charge in [-0.15, -0.1) is 13.2 Å². The highest BCUT2D eigenvalue weighted by Gasteiger charge is 2.38. The van der Waals surface area contributed by atoms with Crippen molar-refractivity contribution in [1.82, 2.24) is 4.98 Å². The van der Waals surface area contributed by atoms with Crippen molar-refractivity contribution in [3.8, 4) is 11.6 Å². The molecule has 0 radical (unpaired) electrons. The summed E-state index contributed by atoms with van der Waals surface area (Å²) in [5.74, 6) is -3.07. The highest BCUT2D eigenvalue weighted by molar-refractivity contribution is 5.41.